The molecule has 8 nitrogen and oxygen atoms in total. The quantitative estimate of drug-likeness (QED) is 0.434. The van der Waals surface area contributed by atoms with Crippen LogP contribution in [0.15, 0.2) is 46.0 Å². The van der Waals surface area contributed by atoms with Gasteiger partial charge in [-0.05, 0) is 23.8 Å². The number of phenols is 1. The minimum Gasteiger partial charge on any atom is -0.502 e. The zero-order valence-electron chi connectivity index (χ0n) is 13.1. The lowest BCUT2D eigenvalue weighted by atomic mass is 10.1. The van der Waals surface area contributed by atoms with Crippen molar-refractivity contribution in [3.05, 3.63) is 62.1 Å². The van der Waals surface area contributed by atoms with Gasteiger partial charge in [-0.1, -0.05) is 28.1 Å². The van der Waals surface area contributed by atoms with E-state index in [0.717, 1.165) is 22.3 Å². The number of phenolic OH excluding ortho intramolecular Hbond substituents is 1. The van der Waals surface area contributed by atoms with Gasteiger partial charge in [0.15, 0.2) is 0 Å². The maximum atomic E-state index is 11.8. The van der Waals surface area contributed by atoms with E-state index in [1.54, 1.807) is 12.1 Å². The Bertz CT molecular complexity index is 821. The van der Waals surface area contributed by atoms with Crippen molar-refractivity contribution in [1.29, 1.82) is 0 Å². The number of carbonyl (C=O) groups excluding carboxylic acids is 1. The molecular formula is C16H14BrN3O5. The smallest absolute Gasteiger partial charge is 0.315 e. The van der Waals surface area contributed by atoms with E-state index in [9.17, 15) is 20.0 Å². The normalized spacial score (nSPS) is 10.6. The number of halogens is 1. The third-order valence-corrected chi connectivity index (χ3v) is 3.72. The second kappa shape index (κ2) is 8.25. The van der Waals surface area contributed by atoms with Gasteiger partial charge in [0, 0.05) is 10.0 Å². The number of nitro benzene ring substituents is 1. The van der Waals surface area contributed by atoms with Gasteiger partial charge in [0.05, 0.1) is 30.7 Å². The second-order valence-electron chi connectivity index (χ2n) is 4.94. The molecular weight excluding hydrogens is 394 g/mol. The Balaban J connectivity index is 2.08. The molecule has 0 bridgehead atoms. The van der Waals surface area contributed by atoms with E-state index >= 15 is 0 Å². The molecule has 0 aliphatic carbocycles. The highest BCUT2D eigenvalue weighted by Gasteiger charge is 2.18. The number of nitrogens with one attached hydrogen (secondary N) is 1. The molecule has 0 aliphatic rings. The Morgan fingerprint density at radius 1 is 1.40 bits per heavy atom. The first kappa shape index (κ1) is 18.4. The number of nitro groups is 1. The van der Waals surface area contributed by atoms with Gasteiger partial charge < -0.3 is 9.84 Å². The predicted molar refractivity (Wildman–Crippen MR) is 94.9 cm³/mol. The molecule has 0 unspecified atom stereocenters. The summed E-state index contributed by atoms with van der Waals surface area (Å²) in [7, 11) is 1.34. The van der Waals surface area contributed by atoms with Crippen LogP contribution in [0.2, 0.25) is 0 Å². The zero-order valence-corrected chi connectivity index (χ0v) is 14.7. The fraction of sp³-hybridized carbons (Fsp3) is 0.125. The van der Waals surface area contributed by atoms with Crippen molar-refractivity contribution < 1.29 is 19.6 Å². The molecule has 0 radical (unpaired) electrons. The topological polar surface area (TPSA) is 114 Å². The van der Waals surface area contributed by atoms with Gasteiger partial charge in [-0.15, -0.1) is 0 Å². The summed E-state index contributed by atoms with van der Waals surface area (Å²) in [6.45, 7) is 0. The molecule has 0 saturated carbocycles. The highest BCUT2D eigenvalue weighted by molar-refractivity contribution is 9.10. The van der Waals surface area contributed by atoms with Gasteiger partial charge in [-0.25, -0.2) is 5.43 Å². The molecule has 1 amide bonds. The van der Waals surface area contributed by atoms with Crippen molar-refractivity contribution in [3.63, 3.8) is 0 Å². The number of aromatic hydroxyl groups is 1. The maximum absolute atomic E-state index is 11.8. The lowest BCUT2D eigenvalue weighted by molar-refractivity contribution is -0.385. The number of nitrogens with zero attached hydrogens (tertiary/aromatic N) is 2. The van der Waals surface area contributed by atoms with Crippen molar-refractivity contribution in [2.24, 2.45) is 5.10 Å². The second-order valence-corrected chi connectivity index (χ2v) is 5.85. The van der Waals surface area contributed by atoms with Gasteiger partial charge in [0.25, 0.3) is 0 Å². The number of ether oxygens (including phenoxy) is 1. The Morgan fingerprint density at radius 2 is 2.08 bits per heavy atom. The average Bonchev–Trinajstić information content (AvgIpc) is 2.58. The van der Waals surface area contributed by atoms with Crippen LogP contribution in [0.25, 0.3) is 0 Å². The monoisotopic (exact) mass is 407 g/mol. The Kier molecular flexibility index (Phi) is 6.07. The highest BCUT2D eigenvalue weighted by Crippen LogP contribution is 2.33. The number of methoxy groups -OCH3 is 1. The van der Waals surface area contributed by atoms with Crippen LogP contribution in [-0.2, 0) is 11.2 Å². The van der Waals surface area contributed by atoms with Crippen LogP contribution in [0, 0.1) is 10.1 Å². The van der Waals surface area contributed by atoms with Crippen LogP contribution in [0.5, 0.6) is 11.5 Å². The summed E-state index contributed by atoms with van der Waals surface area (Å²) in [4.78, 5) is 22.0. The van der Waals surface area contributed by atoms with Gasteiger partial charge in [-0.2, -0.15) is 5.10 Å². The van der Waals surface area contributed by atoms with Crippen molar-refractivity contribution in [3.8, 4) is 11.5 Å². The molecule has 2 aromatic carbocycles. The van der Waals surface area contributed by atoms with Crippen LogP contribution in [0.4, 0.5) is 5.69 Å². The summed E-state index contributed by atoms with van der Waals surface area (Å²) in [5, 5.41) is 24.5. The lowest BCUT2D eigenvalue weighted by Crippen LogP contribution is -2.19. The molecule has 130 valence electrons. The van der Waals surface area contributed by atoms with E-state index in [1.165, 1.54) is 13.2 Å². The largest absolute Gasteiger partial charge is 0.502 e. The van der Waals surface area contributed by atoms with Gasteiger partial charge in [0.2, 0.25) is 11.7 Å². The fourth-order valence-electron chi connectivity index (χ4n) is 1.97. The van der Waals surface area contributed by atoms with E-state index in [1.807, 2.05) is 12.1 Å². The van der Waals surface area contributed by atoms with Crippen LogP contribution < -0.4 is 10.2 Å². The van der Waals surface area contributed by atoms with Crippen molar-refractivity contribution in [2.45, 2.75) is 6.42 Å². The summed E-state index contributed by atoms with van der Waals surface area (Å²) in [6.07, 6.45) is 1.24. The molecule has 0 heterocycles. The number of hydrogen-bond donors (Lipinski definition) is 2. The summed E-state index contributed by atoms with van der Waals surface area (Å²) in [5.74, 6) is -0.737. The molecule has 0 saturated heterocycles. The van der Waals surface area contributed by atoms with Crippen LogP contribution >= 0.6 is 15.9 Å². The number of rotatable bonds is 6. The SMILES string of the molecule is COc1cc(/C=N/NC(=O)Cc2ccc(Br)cc2)c(O)c([N+](=O)[O-])c1. The molecule has 0 atom stereocenters. The average molecular weight is 408 g/mol. The molecule has 0 aliphatic heterocycles. The molecule has 2 aromatic rings. The number of amides is 1. The number of hydrogen-bond acceptors (Lipinski definition) is 6. The van der Waals surface area contributed by atoms with Crippen molar-refractivity contribution in [1.82, 2.24) is 5.43 Å². The zero-order chi connectivity index (χ0) is 18.4. The standard InChI is InChI=1S/C16H14BrN3O5/c1-25-13-7-11(16(22)14(8-13)20(23)24)9-18-19-15(21)6-10-2-4-12(17)5-3-10/h2-5,7-9,22H,6H2,1H3,(H,19,21)/b18-9+. The molecule has 0 fully saturated rings. The van der Waals surface area contributed by atoms with Gasteiger partial charge >= 0.3 is 5.69 Å². The number of benzene rings is 2. The highest BCUT2D eigenvalue weighted by atomic mass is 79.9. The molecule has 2 N–H and O–H groups in total. The fourth-order valence-corrected chi connectivity index (χ4v) is 2.24. The molecule has 0 spiro atoms. The number of hydrazone groups is 1. The van der Waals surface area contributed by atoms with E-state index in [-0.39, 0.29) is 23.6 Å². The third kappa shape index (κ3) is 5.01. The molecule has 9 heteroatoms. The molecule has 2 rings (SSSR count). The summed E-state index contributed by atoms with van der Waals surface area (Å²) in [6, 6.07) is 9.69. The van der Waals surface area contributed by atoms with Crippen LogP contribution in [0.1, 0.15) is 11.1 Å². The molecule has 25 heavy (non-hydrogen) atoms. The number of carbonyl (C=O) groups is 1. The summed E-state index contributed by atoms with van der Waals surface area (Å²) in [5.41, 5.74) is 2.65. The predicted octanol–water partition coefficient (Wildman–Crippen LogP) is 2.76. The minimum absolute atomic E-state index is 0.0509. The Morgan fingerprint density at radius 3 is 2.68 bits per heavy atom. The summed E-state index contributed by atoms with van der Waals surface area (Å²) >= 11 is 3.31. The van der Waals surface area contributed by atoms with Crippen LogP contribution in [0.3, 0.4) is 0 Å². The first-order valence-corrected chi connectivity index (χ1v) is 7.81. The van der Waals surface area contributed by atoms with E-state index in [0.29, 0.717) is 0 Å². The van der Waals surface area contributed by atoms with E-state index < -0.39 is 16.4 Å². The molecule has 0 aromatic heterocycles. The summed E-state index contributed by atoms with van der Waals surface area (Å²) < 4.78 is 5.86. The lowest BCUT2D eigenvalue weighted by Gasteiger charge is -2.05. The van der Waals surface area contributed by atoms with Gasteiger partial charge in [-0.3, -0.25) is 14.9 Å². The minimum atomic E-state index is -0.735. The third-order valence-electron chi connectivity index (χ3n) is 3.20. The Hall–Kier alpha value is -2.94. The van der Waals surface area contributed by atoms with Crippen LogP contribution in [-0.4, -0.2) is 29.3 Å². The van der Waals surface area contributed by atoms with Crippen molar-refractivity contribution >= 4 is 33.7 Å². The van der Waals surface area contributed by atoms with E-state index in [4.69, 9.17) is 4.74 Å². The maximum Gasteiger partial charge on any atom is 0.315 e. The first-order chi connectivity index (χ1) is 11.9. The van der Waals surface area contributed by atoms with E-state index in [2.05, 4.69) is 26.5 Å². The Labute approximate surface area is 151 Å². The van der Waals surface area contributed by atoms with Gasteiger partial charge in [0.1, 0.15) is 5.75 Å². The first-order valence-electron chi connectivity index (χ1n) is 7.02. The van der Waals surface area contributed by atoms with Crippen molar-refractivity contribution in [2.75, 3.05) is 7.11 Å².